The van der Waals surface area contributed by atoms with E-state index in [0.717, 1.165) is 24.7 Å². The molecule has 3 saturated heterocycles. The molecule has 3 heterocycles. The van der Waals surface area contributed by atoms with Crippen molar-refractivity contribution in [2.45, 2.75) is 75.6 Å². The van der Waals surface area contributed by atoms with E-state index in [0.29, 0.717) is 0 Å². The first-order valence-corrected chi connectivity index (χ1v) is 7.77. The van der Waals surface area contributed by atoms with Crippen LogP contribution in [0.1, 0.15) is 51.9 Å². The third kappa shape index (κ3) is 2.45. The first kappa shape index (κ1) is 12.9. The van der Waals surface area contributed by atoms with E-state index in [9.17, 15) is 0 Å². The number of ether oxygens (including phenoxy) is 1. The van der Waals surface area contributed by atoms with Crippen molar-refractivity contribution in [2.24, 2.45) is 0 Å². The molecule has 0 aromatic rings. The summed E-state index contributed by atoms with van der Waals surface area (Å²) in [5.41, 5.74) is 0.139. The highest BCUT2D eigenvalue weighted by atomic mass is 16.5. The van der Waals surface area contributed by atoms with E-state index in [4.69, 9.17) is 4.74 Å². The van der Waals surface area contributed by atoms with Gasteiger partial charge in [-0.1, -0.05) is 6.42 Å². The molecule has 3 rings (SSSR count). The Bertz CT molecular complexity index is 274. The number of nitrogens with one attached hydrogen (secondary N) is 1. The lowest BCUT2D eigenvalue weighted by Gasteiger charge is -2.51. The van der Waals surface area contributed by atoms with Crippen LogP contribution in [0.15, 0.2) is 0 Å². The Hall–Kier alpha value is -0.120. The van der Waals surface area contributed by atoms with Crippen LogP contribution in [0.4, 0.5) is 0 Å². The standard InChI is InChI=1S/C15H28N2O/c1-15(7-4-8-18-15)11-17-13-5-3-6-14(17)10-12(9-13)16-2/h12-14,16H,3-11H2,1-2H3. The topological polar surface area (TPSA) is 24.5 Å². The van der Waals surface area contributed by atoms with Gasteiger partial charge in [-0.15, -0.1) is 0 Å². The van der Waals surface area contributed by atoms with Crippen molar-refractivity contribution in [3.8, 4) is 0 Å². The SMILES string of the molecule is CNC1CC2CCCC(C1)N2CC1(C)CCCO1. The van der Waals surface area contributed by atoms with E-state index in [-0.39, 0.29) is 5.60 Å². The first-order chi connectivity index (χ1) is 8.70. The molecule has 0 aromatic carbocycles. The molecule has 3 nitrogen and oxygen atoms in total. The molecule has 2 bridgehead atoms. The molecule has 3 atom stereocenters. The van der Waals surface area contributed by atoms with Gasteiger partial charge in [0.15, 0.2) is 0 Å². The van der Waals surface area contributed by atoms with Crippen LogP contribution < -0.4 is 5.32 Å². The summed E-state index contributed by atoms with van der Waals surface area (Å²) >= 11 is 0. The van der Waals surface area contributed by atoms with E-state index < -0.39 is 0 Å². The average molecular weight is 252 g/mol. The molecule has 104 valence electrons. The van der Waals surface area contributed by atoms with Gasteiger partial charge in [0.25, 0.3) is 0 Å². The van der Waals surface area contributed by atoms with Gasteiger partial charge in [-0.2, -0.15) is 0 Å². The van der Waals surface area contributed by atoms with Gasteiger partial charge in [-0.05, 0) is 52.5 Å². The number of piperidine rings is 2. The number of hydrogen-bond acceptors (Lipinski definition) is 3. The van der Waals surface area contributed by atoms with Gasteiger partial charge < -0.3 is 10.1 Å². The molecular weight excluding hydrogens is 224 g/mol. The van der Waals surface area contributed by atoms with Crippen molar-refractivity contribution in [1.29, 1.82) is 0 Å². The second-order valence-corrected chi connectivity index (χ2v) is 6.77. The molecule has 0 radical (unpaired) electrons. The zero-order chi connectivity index (χ0) is 12.6. The van der Waals surface area contributed by atoms with E-state index in [2.05, 4.69) is 24.2 Å². The van der Waals surface area contributed by atoms with E-state index in [1.807, 2.05) is 0 Å². The third-order valence-electron chi connectivity index (χ3n) is 5.35. The Morgan fingerprint density at radius 2 is 1.94 bits per heavy atom. The van der Waals surface area contributed by atoms with Crippen LogP contribution in [0.2, 0.25) is 0 Å². The Balaban J connectivity index is 1.68. The van der Waals surface area contributed by atoms with Gasteiger partial charge in [-0.25, -0.2) is 0 Å². The van der Waals surface area contributed by atoms with Crippen LogP contribution in [-0.4, -0.2) is 48.8 Å². The molecule has 3 aliphatic heterocycles. The minimum atomic E-state index is 0.139. The maximum atomic E-state index is 6.00. The third-order valence-corrected chi connectivity index (χ3v) is 5.35. The van der Waals surface area contributed by atoms with Gasteiger partial charge >= 0.3 is 0 Å². The molecule has 3 heteroatoms. The fourth-order valence-corrected chi connectivity index (χ4v) is 4.32. The summed E-state index contributed by atoms with van der Waals surface area (Å²) in [5, 5.41) is 3.50. The Labute approximate surface area is 111 Å². The Kier molecular flexibility index (Phi) is 3.65. The summed E-state index contributed by atoms with van der Waals surface area (Å²) in [6.07, 6.45) is 9.39. The number of nitrogens with zero attached hydrogens (tertiary/aromatic N) is 1. The number of rotatable bonds is 3. The fourth-order valence-electron chi connectivity index (χ4n) is 4.32. The normalized spacial score (nSPS) is 45.3. The molecule has 0 amide bonds. The van der Waals surface area contributed by atoms with Gasteiger partial charge in [-0.3, -0.25) is 4.90 Å². The molecule has 18 heavy (non-hydrogen) atoms. The average Bonchev–Trinajstić information content (AvgIpc) is 2.75. The van der Waals surface area contributed by atoms with Crippen molar-refractivity contribution in [1.82, 2.24) is 10.2 Å². The monoisotopic (exact) mass is 252 g/mol. The molecule has 0 aliphatic carbocycles. The Morgan fingerprint density at radius 1 is 1.22 bits per heavy atom. The first-order valence-electron chi connectivity index (χ1n) is 7.77. The zero-order valence-corrected chi connectivity index (χ0v) is 12.0. The minimum Gasteiger partial charge on any atom is -0.374 e. The zero-order valence-electron chi connectivity index (χ0n) is 12.0. The van der Waals surface area contributed by atoms with Crippen molar-refractivity contribution >= 4 is 0 Å². The highest BCUT2D eigenvalue weighted by Gasteiger charge is 2.42. The van der Waals surface area contributed by atoms with Gasteiger partial charge in [0.2, 0.25) is 0 Å². The summed E-state index contributed by atoms with van der Waals surface area (Å²) in [7, 11) is 2.12. The smallest absolute Gasteiger partial charge is 0.0781 e. The fraction of sp³-hybridized carbons (Fsp3) is 1.00. The second kappa shape index (κ2) is 5.10. The summed E-state index contributed by atoms with van der Waals surface area (Å²) < 4.78 is 6.00. The van der Waals surface area contributed by atoms with Crippen molar-refractivity contribution in [3.05, 3.63) is 0 Å². The van der Waals surface area contributed by atoms with Gasteiger partial charge in [0.1, 0.15) is 0 Å². The molecule has 3 fully saturated rings. The molecule has 0 saturated carbocycles. The number of fused-ring (bicyclic) bond motifs is 2. The molecular formula is C15H28N2O. The van der Waals surface area contributed by atoms with E-state index in [1.165, 1.54) is 51.5 Å². The largest absolute Gasteiger partial charge is 0.374 e. The number of hydrogen-bond donors (Lipinski definition) is 1. The van der Waals surface area contributed by atoms with Crippen LogP contribution in [0.3, 0.4) is 0 Å². The van der Waals surface area contributed by atoms with E-state index >= 15 is 0 Å². The maximum absolute atomic E-state index is 6.00. The van der Waals surface area contributed by atoms with Crippen LogP contribution >= 0.6 is 0 Å². The molecule has 0 aromatic heterocycles. The van der Waals surface area contributed by atoms with Gasteiger partial charge in [0, 0.05) is 31.3 Å². The maximum Gasteiger partial charge on any atom is 0.0781 e. The van der Waals surface area contributed by atoms with Crippen molar-refractivity contribution in [2.75, 3.05) is 20.2 Å². The molecule has 3 unspecified atom stereocenters. The van der Waals surface area contributed by atoms with Crippen molar-refractivity contribution in [3.63, 3.8) is 0 Å². The highest BCUT2D eigenvalue weighted by molar-refractivity contribution is 4.98. The van der Waals surface area contributed by atoms with Crippen LogP contribution in [0, 0.1) is 0 Å². The summed E-state index contributed by atoms with van der Waals surface area (Å²) in [5.74, 6) is 0. The van der Waals surface area contributed by atoms with Crippen LogP contribution in [0.25, 0.3) is 0 Å². The van der Waals surface area contributed by atoms with Crippen LogP contribution in [0.5, 0.6) is 0 Å². The lowest BCUT2D eigenvalue weighted by Crippen LogP contribution is -2.59. The second-order valence-electron chi connectivity index (χ2n) is 6.77. The molecule has 3 aliphatic rings. The van der Waals surface area contributed by atoms with Crippen molar-refractivity contribution < 1.29 is 4.74 Å². The van der Waals surface area contributed by atoms with Gasteiger partial charge in [0.05, 0.1) is 5.60 Å². The Morgan fingerprint density at radius 3 is 2.50 bits per heavy atom. The quantitative estimate of drug-likeness (QED) is 0.833. The lowest BCUT2D eigenvalue weighted by atomic mass is 9.80. The molecule has 1 N–H and O–H groups in total. The predicted octanol–water partition coefficient (Wildman–Crippen LogP) is 2.16. The summed E-state index contributed by atoms with van der Waals surface area (Å²) in [6.45, 7) is 4.46. The molecule has 0 spiro atoms. The van der Waals surface area contributed by atoms with Crippen LogP contribution in [-0.2, 0) is 4.74 Å². The lowest BCUT2D eigenvalue weighted by molar-refractivity contribution is -0.0601. The summed E-state index contributed by atoms with van der Waals surface area (Å²) in [6, 6.07) is 2.35. The predicted molar refractivity (Wildman–Crippen MR) is 73.8 cm³/mol. The van der Waals surface area contributed by atoms with E-state index in [1.54, 1.807) is 0 Å². The minimum absolute atomic E-state index is 0.139. The highest BCUT2D eigenvalue weighted by Crippen LogP contribution is 2.37. The summed E-state index contributed by atoms with van der Waals surface area (Å²) in [4.78, 5) is 2.79.